The molecule has 0 fully saturated rings. The Hall–Kier alpha value is -1.63. The number of nitrogens with zero attached hydrogens (tertiary/aromatic N) is 1. The predicted octanol–water partition coefficient (Wildman–Crippen LogP) is 2.98. The zero-order valence-corrected chi connectivity index (χ0v) is 8.27. The highest BCUT2D eigenvalue weighted by Crippen LogP contribution is 2.08. The zero-order chi connectivity index (χ0) is 9.80. The van der Waals surface area contributed by atoms with Gasteiger partial charge >= 0.3 is 0 Å². The van der Waals surface area contributed by atoms with E-state index in [1.165, 1.54) is 11.1 Å². The molecule has 2 rings (SSSR count). The van der Waals surface area contributed by atoms with Crippen LogP contribution in [0, 0.1) is 6.92 Å². The summed E-state index contributed by atoms with van der Waals surface area (Å²) in [6.45, 7) is 2.11. The van der Waals surface area contributed by atoms with Crippen molar-refractivity contribution in [3.05, 3.63) is 65.5 Å². The lowest BCUT2D eigenvalue weighted by molar-refractivity contribution is 1.07. The number of hydrogen-bond acceptors (Lipinski definition) is 1. The van der Waals surface area contributed by atoms with Crippen molar-refractivity contribution < 1.29 is 0 Å². The molecule has 0 aliphatic carbocycles. The van der Waals surface area contributed by atoms with Crippen LogP contribution >= 0.6 is 0 Å². The summed E-state index contributed by atoms with van der Waals surface area (Å²) >= 11 is 0. The van der Waals surface area contributed by atoms with Gasteiger partial charge < -0.3 is 0 Å². The van der Waals surface area contributed by atoms with Gasteiger partial charge in [-0.25, -0.2) is 0 Å². The SMILES string of the molecule is Cc1cccc(Cc2ccccn2)c1. The van der Waals surface area contributed by atoms with Crippen LogP contribution in [0.25, 0.3) is 0 Å². The Labute approximate surface area is 84.4 Å². The van der Waals surface area contributed by atoms with Crippen LogP contribution in [-0.4, -0.2) is 4.98 Å². The van der Waals surface area contributed by atoms with E-state index in [1.807, 2.05) is 18.3 Å². The highest BCUT2D eigenvalue weighted by molar-refractivity contribution is 5.26. The summed E-state index contributed by atoms with van der Waals surface area (Å²) < 4.78 is 0. The molecule has 0 aliphatic rings. The van der Waals surface area contributed by atoms with Gasteiger partial charge in [0.2, 0.25) is 0 Å². The van der Waals surface area contributed by atoms with Crippen molar-refractivity contribution in [1.29, 1.82) is 0 Å². The summed E-state index contributed by atoms with van der Waals surface area (Å²) in [6, 6.07) is 14.6. The van der Waals surface area contributed by atoms with Crippen molar-refractivity contribution in [3.63, 3.8) is 0 Å². The molecule has 1 aromatic carbocycles. The van der Waals surface area contributed by atoms with Crippen molar-refractivity contribution in [2.24, 2.45) is 0 Å². The minimum atomic E-state index is 0.919. The number of hydrogen-bond donors (Lipinski definition) is 0. The second-order valence-corrected chi connectivity index (χ2v) is 3.49. The quantitative estimate of drug-likeness (QED) is 0.697. The molecular formula is C13H13N. The Morgan fingerprint density at radius 2 is 2.00 bits per heavy atom. The molecule has 0 N–H and O–H groups in total. The molecule has 1 aromatic heterocycles. The summed E-state index contributed by atoms with van der Waals surface area (Å²) in [7, 11) is 0. The minimum Gasteiger partial charge on any atom is -0.261 e. The summed E-state index contributed by atoms with van der Waals surface area (Å²) in [5, 5.41) is 0. The van der Waals surface area contributed by atoms with Gasteiger partial charge in [-0.2, -0.15) is 0 Å². The number of pyridine rings is 1. The number of aryl methyl sites for hydroxylation is 1. The molecule has 0 spiro atoms. The molecule has 1 heterocycles. The van der Waals surface area contributed by atoms with Gasteiger partial charge in [0.1, 0.15) is 0 Å². The van der Waals surface area contributed by atoms with Crippen molar-refractivity contribution in [3.8, 4) is 0 Å². The molecule has 1 nitrogen and oxygen atoms in total. The second-order valence-electron chi connectivity index (χ2n) is 3.49. The molecule has 2 aromatic rings. The first-order valence-electron chi connectivity index (χ1n) is 4.80. The van der Waals surface area contributed by atoms with Crippen molar-refractivity contribution >= 4 is 0 Å². The lowest BCUT2D eigenvalue weighted by atomic mass is 10.1. The van der Waals surface area contributed by atoms with Crippen LogP contribution in [0.4, 0.5) is 0 Å². The van der Waals surface area contributed by atoms with Gasteiger partial charge in [-0.3, -0.25) is 4.98 Å². The molecular weight excluding hydrogens is 170 g/mol. The molecule has 0 saturated heterocycles. The Morgan fingerprint density at radius 3 is 2.71 bits per heavy atom. The third-order valence-electron chi connectivity index (χ3n) is 2.19. The smallest absolute Gasteiger partial charge is 0.0447 e. The molecule has 0 saturated carbocycles. The fraction of sp³-hybridized carbons (Fsp3) is 0.154. The molecule has 0 unspecified atom stereocenters. The average molecular weight is 183 g/mol. The molecule has 0 bridgehead atoms. The summed E-state index contributed by atoms with van der Waals surface area (Å²) in [6.07, 6.45) is 2.76. The van der Waals surface area contributed by atoms with Crippen molar-refractivity contribution in [2.45, 2.75) is 13.3 Å². The molecule has 0 atom stereocenters. The highest BCUT2D eigenvalue weighted by atomic mass is 14.7. The fourth-order valence-electron chi connectivity index (χ4n) is 1.53. The standard InChI is InChI=1S/C13H13N/c1-11-5-4-6-12(9-11)10-13-7-2-3-8-14-13/h2-9H,10H2,1H3. The lowest BCUT2D eigenvalue weighted by Gasteiger charge is -2.01. The zero-order valence-electron chi connectivity index (χ0n) is 8.27. The Balaban J connectivity index is 2.19. The second kappa shape index (κ2) is 4.05. The van der Waals surface area contributed by atoms with E-state index in [1.54, 1.807) is 0 Å². The molecule has 0 aliphatic heterocycles. The van der Waals surface area contributed by atoms with E-state index in [-0.39, 0.29) is 0 Å². The maximum absolute atomic E-state index is 4.30. The number of rotatable bonds is 2. The van der Waals surface area contributed by atoms with E-state index in [0.717, 1.165) is 12.1 Å². The Bertz CT molecular complexity index is 407. The van der Waals surface area contributed by atoms with E-state index in [0.29, 0.717) is 0 Å². The van der Waals surface area contributed by atoms with Gasteiger partial charge in [-0.1, -0.05) is 35.9 Å². The fourth-order valence-corrected chi connectivity index (χ4v) is 1.53. The van der Waals surface area contributed by atoms with E-state index >= 15 is 0 Å². The van der Waals surface area contributed by atoms with Crippen LogP contribution in [0.1, 0.15) is 16.8 Å². The van der Waals surface area contributed by atoms with E-state index in [9.17, 15) is 0 Å². The third kappa shape index (κ3) is 2.19. The van der Waals surface area contributed by atoms with Gasteiger partial charge in [0.05, 0.1) is 0 Å². The van der Waals surface area contributed by atoms with E-state index in [4.69, 9.17) is 0 Å². The number of benzene rings is 1. The van der Waals surface area contributed by atoms with Crippen molar-refractivity contribution in [2.75, 3.05) is 0 Å². The maximum atomic E-state index is 4.30. The summed E-state index contributed by atoms with van der Waals surface area (Å²) in [4.78, 5) is 4.30. The first kappa shape index (κ1) is 8.95. The molecule has 0 radical (unpaired) electrons. The van der Waals surface area contributed by atoms with Crippen LogP contribution in [0.5, 0.6) is 0 Å². The highest BCUT2D eigenvalue weighted by Gasteiger charge is 1.96. The third-order valence-corrected chi connectivity index (χ3v) is 2.19. The minimum absolute atomic E-state index is 0.919. The molecule has 1 heteroatoms. The first-order valence-corrected chi connectivity index (χ1v) is 4.80. The van der Waals surface area contributed by atoms with Crippen LogP contribution in [0.2, 0.25) is 0 Å². The van der Waals surface area contributed by atoms with Crippen LogP contribution in [0.3, 0.4) is 0 Å². The van der Waals surface area contributed by atoms with Gasteiger partial charge in [-0.05, 0) is 24.6 Å². The Morgan fingerprint density at radius 1 is 1.07 bits per heavy atom. The number of aromatic nitrogens is 1. The normalized spacial score (nSPS) is 10.1. The summed E-state index contributed by atoms with van der Waals surface area (Å²) in [5.74, 6) is 0. The maximum Gasteiger partial charge on any atom is 0.0447 e. The predicted molar refractivity (Wildman–Crippen MR) is 58.2 cm³/mol. The molecule has 70 valence electrons. The lowest BCUT2D eigenvalue weighted by Crippen LogP contribution is -1.91. The van der Waals surface area contributed by atoms with Crippen LogP contribution in [-0.2, 0) is 6.42 Å². The van der Waals surface area contributed by atoms with Crippen molar-refractivity contribution in [1.82, 2.24) is 4.98 Å². The van der Waals surface area contributed by atoms with Gasteiger partial charge in [0.25, 0.3) is 0 Å². The largest absolute Gasteiger partial charge is 0.261 e. The van der Waals surface area contributed by atoms with E-state index in [2.05, 4.69) is 42.2 Å². The first-order chi connectivity index (χ1) is 6.84. The Kier molecular flexibility index (Phi) is 2.59. The van der Waals surface area contributed by atoms with Gasteiger partial charge in [0.15, 0.2) is 0 Å². The molecule has 0 amide bonds. The van der Waals surface area contributed by atoms with Gasteiger partial charge in [-0.15, -0.1) is 0 Å². The van der Waals surface area contributed by atoms with Gasteiger partial charge in [0, 0.05) is 18.3 Å². The van der Waals surface area contributed by atoms with Crippen LogP contribution < -0.4 is 0 Å². The topological polar surface area (TPSA) is 12.9 Å². The van der Waals surface area contributed by atoms with E-state index < -0.39 is 0 Å². The average Bonchev–Trinajstić information content (AvgIpc) is 2.19. The summed E-state index contributed by atoms with van der Waals surface area (Å²) in [5.41, 5.74) is 3.75. The monoisotopic (exact) mass is 183 g/mol. The molecule has 14 heavy (non-hydrogen) atoms. The van der Waals surface area contributed by atoms with Crippen LogP contribution in [0.15, 0.2) is 48.7 Å².